The van der Waals surface area contributed by atoms with E-state index in [1.807, 2.05) is 0 Å². The number of hydrogen-bond donors (Lipinski definition) is 1. The lowest BCUT2D eigenvalue weighted by Gasteiger charge is -2.03. The molecule has 3 aromatic rings. The lowest BCUT2D eigenvalue weighted by atomic mass is 10.4. The van der Waals surface area contributed by atoms with Crippen LogP contribution in [0.3, 0.4) is 0 Å². The zero-order chi connectivity index (χ0) is 15.7. The van der Waals surface area contributed by atoms with Crippen LogP contribution < -0.4 is 4.74 Å². The van der Waals surface area contributed by atoms with Gasteiger partial charge in [-0.15, -0.1) is 0 Å². The number of nitrogens with zero attached hydrogens (tertiary/aromatic N) is 5. The van der Waals surface area contributed by atoms with E-state index in [0.717, 1.165) is 0 Å². The third-order valence-corrected chi connectivity index (χ3v) is 2.81. The Labute approximate surface area is 123 Å². The fraction of sp³-hybridized carbons (Fsp3) is 0.250. The molecule has 0 saturated heterocycles. The predicted molar refractivity (Wildman–Crippen MR) is 71.3 cm³/mol. The fourth-order valence-electron chi connectivity index (χ4n) is 1.83. The van der Waals surface area contributed by atoms with Gasteiger partial charge in [0.05, 0.1) is 25.5 Å². The van der Waals surface area contributed by atoms with Gasteiger partial charge >= 0.3 is 5.97 Å². The fourth-order valence-corrected chi connectivity index (χ4v) is 1.83. The number of methoxy groups -OCH3 is 1. The molecule has 3 aromatic heterocycles. The number of nitrogens with one attached hydrogen (secondary N) is 1. The molecule has 22 heavy (non-hydrogen) atoms. The van der Waals surface area contributed by atoms with Crippen molar-refractivity contribution >= 4 is 17.0 Å². The van der Waals surface area contributed by atoms with E-state index in [4.69, 9.17) is 9.47 Å². The summed E-state index contributed by atoms with van der Waals surface area (Å²) in [7, 11) is 1.38. The molecule has 0 atom stereocenters. The second-order valence-electron chi connectivity index (χ2n) is 4.16. The zero-order valence-corrected chi connectivity index (χ0v) is 11.7. The molecule has 0 unspecified atom stereocenters. The van der Waals surface area contributed by atoms with E-state index >= 15 is 0 Å². The van der Waals surface area contributed by atoms with E-state index in [2.05, 4.69) is 25.3 Å². The normalized spacial score (nSPS) is 10.9. The Morgan fingerprint density at radius 2 is 2.23 bits per heavy atom. The van der Waals surface area contributed by atoms with E-state index < -0.39 is 11.9 Å². The molecule has 3 rings (SSSR count). The molecule has 0 spiro atoms. The minimum atomic E-state index is -0.713. The number of rotatable bonds is 4. The highest BCUT2D eigenvalue weighted by atomic mass is 19.1. The van der Waals surface area contributed by atoms with Crippen molar-refractivity contribution in [2.45, 2.75) is 6.92 Å². The highest BCUT2D eigenvalue weighted by molar-refractivity contribution is 5.88. The quantitative estimate of drug-likeness (QED) is 0.712. The molecule has 9 nitrogen and oxygen atoms in total. The van der Waals surface area contributed by atoms with Gasteiger partial charge in [0.15, 0.2) is 11.0 Å². The molecule has 0 fully saturated rings. The first-order valence-corrected chi connectivity index (χ1v) is 6.31. The Morgan fingerprint density at radius 3 is 2.95 bits per heavy atom. The molecule has 0 aliphatic rings. The van der Waals surface area contributed by atoms with Crippen molar-refractivity contribution in [3.8, 4) is 11.8 Å². The average molecular weight is 306 g/mol. The summed E-state index contributed by atoms with van der Waals surface area (Å²) in [6.45, 7) is 1.95. The van der Waals surface area contributed by atoms with E-state index in [9.17, 15) is 9.18 Å². The van der Waals surface area contributed by atoms with Crippen LogP contribution in [-0.4, -0.2) is 49.6 Å². The van der Waals surface area contributed by atoms with Gasteiger partial charge in [0.2, 0.25) is 11.8 Å². The zero-order valence-electron chi connectivity index (χ0n) is 11.7. The van der Waals surface area contributed by atoms with Gasteiger partial charge < -0.3 is 9.47 Å². The van der Waals surface area contributed by atoms with E-state index in [0.29, 0.717) is 0 Å². The molecule has 1 N–H and O–H groups in total. The number of aromatic amines is 1. The van der Waals surface area contributed by atoms with Gasteiger partial charge in [-0.25, -0.2) is 14.5 Å². The maximum atomic E-state index is 13.6. The third-order valence-electron chi connectivity index (χ3n) is 2.81. The monoisotopic (exact) mass is 306 g/mol. The molecular formula is C12H11FN6O3. The minimum absolute atomic E-state index is 0.0324. The number of aromatic nitrogens is 6. The van der Waals surface area contributed by atoms with Crippen molar-refractivity contribution in [3.63, 3.8) is 0 Å². The number of ether oxygens (including phenoxy) is 2. The molecule has 0 aromatic carbocycles. The minimum Gasteiger partial charge on any atom is -0.479 e. The van der Waals surface area contributed by atoms with Gasteiger partial charge in [-0.05, 0) is 6.92 Å². The summed E-state index contributed by atoms with van der Waals surface area (Å²) in [6.07, 6.45) is 2.69. The maximum Gasteiger partial charge on any atom is 0.341 e. The lowest BCUT2D eigenvalue weighted by molar-refractivity contribution is 0.0526. The average Bonchev–Trinajstić information content (AvgIpc) is 3.14. The number of esters is 1. The number of H-pyrrole nitrogens is 1. The van der Waals surface area contributed by atoms with Crippen LogP contribution in [0, 0.1) is 5.95 Å². The molecular weight excluding hydrogens is 295 g/mol. The van der Waals surface area contributed by atoms with E-state index in [1.165, 1.54) is 24.2 Å². The van der Waals surface area contributed by atoms with Crippen molar-refractivity contribution in [1.29, 1.82) is 0 Å². The van der Waals surface area contributed by atoms with Crippen LogP contribution in [0.1, 0.15) is 17.3 Å². The predicted octanol–water partition coefficient (Wildman–Crippen LogP) is 0.863. The topological polar surface area (TPSA) is 108 Å². The van der Waals surface area contributed by atoms with Crippen LogP contribution in [0.4, 0.5) is 4.39 Å². The molecule has 0 bridgehead atoms. The van der Waals surface area contributed by atoms with Crippen molar-refractivity contribution in [2.75, 3.05) is 13.7 Å². The first kappa shape index (κ1) is 13.9. The molecule has 10 heteroatoms. The SMILES string of the molecule is CCOC(=O)c1cnn(-c2nc(OC)c3n[nH]c(F)c3n2)c1. The summed E-state index contributed by atoms with van der Waals surface area (Å²) >= 11 is 0. The summed E-state index contributed by atoms with van der Waals surface area (Å²) in [5.74, 6) is -1.10. The summed E-state index contributed by atoms with van der Waals surface area (Å²) in [4.78, 5) is 19.7. The van der Waals surface area contributed by atoms with Crippen LogP contribution in [0.25, 0.3) is 17.0 Å². The maximum absolute atomic E-state index is 13.6. The molecule has 0 amide bonds. The Hall–Kier alpha value is -3.04. The number of hydrogen-bond acceptors (Lipinski definition) is 7. The summed E-state index contributed by atoms with van der Waals surface area (Å²) in [5.41, 5.74) is 0.369. The van der Waals surface area contributed by atoms with Gasteiger partial charge in [0.25, 0.3) is 5.95 Å². The smallest absolute Gasteiger partial charge is 0.341 e. The van der Waals surface area contributed by atoms with Crippen LogP contribution >= 0.6 is 0 Å². The van der Waals surface area contributed by atoms with Gasteiger partial charge in [0, 0.05) is 6.20 Å². The first-order valence-electron chi connectivity index (χ1n) is 6.31. The van der Waals surface area contributed by atoms with Gasteiger partial charge in [0.1, 0.15) is 0 Å². The lowest BCUT2D eigenvalue weighted by Crippen LogP contribution is -2.05. The van der Waals surface area contributed by atoms with Gasteiger partial charge in [-0.1, -0.05) is 0 Å². The summed E-state index contributed by atoms with van der Waals surface area (Å²) in [6, 6.07) is 0. The van der Waals surface area contributed by atoms with Gasteiger partial charge in [-0.3, -0.25) is 5.10 Å². The van der Waals surface area contributed by atoms with Gasteiger partial charge in [-0.2, -0.15) is 19.6 Å². The number of carbonyl (C=O) groups is 1. The molecule has 114 valence electrons. The first-order chi connectivity index (χ1) is 10.6. The highest BCUT2D eigenvalue weighted by Gasteiger charge is 2.18. The van der Waals surface area contributed by atoms with Crippen molar-refractivity contribution in [2.24, 2.45) is 0 Å². The number of carbonyl (C=O) groups excluding carboxylic acids is 1. The molecule has 0 saturated carbocycles. The second kappa shape index (κ2) is 5.39. The van der Waals surface area contributed by atoms with Crippen molar-refractivity contribution in [1.82, 2.24) is 29.9 Å². The van der Waals surface area contributed by atoms with Crippen LogP contribution in [0.15, 0.2) is 12.4 Å². The Balaban J connectivity index is 2.06. The molecule has 0 aliphatic heterocycles. The van der Waals surface area contributed by atoms with Crippen LogP contribution in [-0.2, 0) is 4.74 Å². The Bertz CT molecular complexity index is 843. The molecule has 0 radical (unpaired) electrons. The number of halogens is 1. The Kier molecular flexibility index (Phi) is 3.41. The van der Waals surface area contributed by atoms with Crippen molar-refractivity contribution < 1.29 is 18.7 Å². The second-order valence-corrected chi connectivity index (χ2v) is 4.16. The van der Waals surface area contributed by atoms with E-state index in [-0.39, 0.29) is 35.0 Å². The standard InChI is InChI=1S/C12H11FN6O3/c1-3-22-11(20)6-4-14-19(5-6)12-15-7-8(10(16-12)21-2)17-18-9(7)13/h4-5H,3H2,1-2H3,(H,17,18). The third kappa shape index (κ3) is 2.24. The Morgan fingerprint density at radius 1 is 1.41 bits per heavy atom. The van der Waals surface area contributed by atoms with Crippen LogP contribution in [0.2, 0.25) is 0 Å². The summed E-state index contributed by atoms with van der Waals surface area (Å²) < 4.78 is 24.8. The van der Waals surface area contributed by atoms with Crippen LogP contribution in [0.5, 0.6) is 5.88 Å². The largest absolute Gasteiger partial charge is 0.479 e. The highest BCUT2D eigenvalue weighted by Crippen LogP contribution is 2.22. The number of fused-ring (bicyclic) bond motifs is 1. The molecule has 0 aliphatic carbocycles. The summed E-state index contributed by atoms with van der Waals surface area (Å²) in [5, 5.41) is 9.86. The molecule has 3 heterocycles. The van der Waals surface area contributed by atoms with Crippen molar-refractivity contribution in [3.05, 3.63) is 23.9 Å². The van der Waals surface area contributed by atoms with E-state index in [1.54, 1.807) is 6.92 Å².